The average molecular weight is 237 g/mol. The van der Waals surface area contributed by atoms with Crippen LogP contribution in [-0.2, 0) is 6.42 Å². The van der Waals surface area contributed by atoms with Gasteiger partial charge >= 0.3 is 0 Å². The Morgan fingerprint density at radius 3 is 3.12 bits per heavy atom. The molecule has 2 heterocycles. The first-order valence-electron chi connectivity index (χ1n) is 5.35. The van der Waals surface area contributed by atoms with Crippen molar-refractivity contribution in [1.82, 2.24) is 20.4 Å². The highest BCUT2D eigenvalue weighted by Crippen LogP contribution is 2.21. The summed E-state index contributed by atoms with van der Waals surface area (Å²) in [5.74, 6) is 0. The van der Waals surface area contributed by atoms with Crippen LogP contribution in [0.5, 0.6) is 0 Å². The van der Waals surface area contributed by atoms with Crippen LogP contribution in [0.1, 0.15) is 25.5 Å². The highest BCUT2D eigenvalue weighted by Gasteiger charge is 2.09. The van der Waals surface area contributed by atoms with E-state index in [1.54, 1.807) is 17.5 Å². The van der Waals surface area contributed by atoms with Gasteiger partial charge in [-0.25, -0.2) is 4.98 Å². The van der Waals surface area contributed by atoms with Crippen LogP contribution >= 0.6 is 11.3 Å². The number of nitrogens with zero attached hydrogens (tertiary/aromatic N) is 3. The van der Waals surface area contributed by atoms with Gasteiger partial charge in [0.2, 0.25) is 0 Å². The van der Waals surface area contributed by atoms with E-state index in [2.05, 4.69) is 27.3 Å². The second kappa shape index (κ2) is 5.18. The van der Waals surface area contributed by atoms with Crippen LogP contribution in [0.3, 0.4) is 0 Å². The number of H-pyrrole nitrogens is 1. The molecule has 6 heteroatoms. The summed E-state index contributed by atoms with van der Waals surface area (Å²) in [7, 11) is 0. The Hall–Kier alpha value is -1.27. The van der Waals surface area contributed by atoms with Crippen LogP contribution in [0.25, 0.3) is 10.7 Å². The van der Waals surface area contributed by atoms with E-state index in [9.17, 15) is 0 Å². The molecule has 2 aromatic rings. The second-order valence-electron chi connectivity index (χ2n) is 3.75. The van der Waals surface area contributed by atoms with Gasteiger partial charge in [-0.2, -0.15) is 15.4 Å². The zero-order chi connectivity index (χ0) is 11.4. The molecule has 0 saturated heterocycles. The van der Waals surface area contributed by atoms with E-state index >= 15 is 0 Å². The molecule has 0 saturated carbocycles. The van der Waals surface area contributed by atoms with E-state index in [-0.39, 0.29) is 6.04 Å². The standard InChI is InChI=1S/C10H15N5S/c1-2-3-7(11)4-8-6-16-10(13-8)9-5-12-15-14-9/h5-7H,2-4,11H2,1H3,(H,12,14,15). The molecule has 5 nitrogen and oxygen atoms in total. The maximum Gasteiger partial charge on any atom is 0.145 e. The van der Waals surface area contributed by atoms with Crippen molar-refractivity contribution in [3.05, 3.63) is 17.3 Å². The van der Waals surface area contributed by atoms with Crippen molar-refractivity contribution in [3.8, 4) is 10.7 Å². The zero-order valence-corrected chi connectivity index (χ0v) is 10.00. The van der Waals surface area contributed by atoms with Gasteiger partial charge in [-0.15, -0.1) is 11.3 Å². The van der Waals surface area contributed by atoms with Gasteiger partial charge < -0.3 is 5.73 Å². The van der Waals surface area contributed by atoms with Gasteiger partial charge in [-0.1, -0.05) is 13.3 Å². The first-order valence-corrected chi connectivity index (χ1v) is 6.23. The predicted molar refractivity (Wildman–Crippen MR) is 64.1 cm³/mol. The lowest BCUT2D eigenvalue weighted by atomic mass is 10.1. The van der Waals surface area contributed by atoms with Crippen LogP contribution in [0, 0.1) is 0 Å². The van der Waals surface area contributed by atoms with Crippen molar-refractivity contribution >= 4 is 11.3 Å². The molecule has 3 N–H and O–H groups in total. The molecular weight excluding hydrogens is 222 g/mol. The van der Waals surface area contributed by atoms with Crippen LogP contribution in [0.2, 0.25) is 0 Å². The SMILES string of the molecule is CCCC(N)Cc1csc(-c2cn[nH]n2)n1. The monoisotopic (exact) mass is 237 g/mol. The Labute approximate surface area is 98.1 Å². The van der Waals surface area contributed by atoms with Gasteiger partial charge in [0.25, 0.3) is 0 Å². The summed E-state index contributed by atoms with van der Waals surface area (Å²) < 4.78 is 0. The number of nitrogens with two attached hydrogens (primary N) is 1. The van der Waals surface area contributed by atoms with Crippen molar-refractivity contribution in [2.75, 3.05) is 0 Å². The van der Waals surface area contributed by atoms with Gasteiger partial charge in [0.1, 0.15) is 10.7 Å². The summed E-state index contributed by atoms with van der Waals surface area (Å²) in [6.45, 7) is 2.14. The van der Waals surface area contributed by atoms with Gasteiger partial charge in [0.05, 0.1) is 11.9 Å². The molecule has 1 unspecified atom stereocenters. The molecule has 1 atom stereocenters. The average Bonchev–Trinajstić information content (AvgIpc) is 2.86. The molecule has 0 aromatic carbocycles. The number of hydrogen-bond acceptors (Lipinski definition) is 5. The van der Waals surface area contributed by atoms with Crippen LogP contribution in [-0.4, -0.2) is 26.4 Å². The third kappa shape index (κ3) is 2.65. The smallest absolute Gasteiger partial charge is 0.145 e. The Morgan fingerprint density at radius 2 is 2.44 bits per heavy atom. The van der Waals surface area contributed by atoms with Gasteiger partial charge in [-0.05, 0) is 6.42 Å². The quantitative estimate of drug-likeness (QED) is 0.827. The molecule has 2 rings (SSSR count). The Balaban J connectivity index is 2.03. The lowest BCUT2D eigenvalue weighted by Crippen LogP contribution is -2.22. The van der Waals surface area contributed by atoms with Crippen molar-refractivity contribution in [3.63, 3.8) is 0 Å². The molecule has 0 fully saturated rings. The number of nitrogens with one attached hydrogen (secondary N) is 1. The van der Waals surface area contributed by atoms with Crippen LogP contribution in [0.15, 0.2) is 11.6 Å². The molecule has 0 aliphatic rings. The van der Waals surface area contributed by atoms with Crippen LogP contribution < -0.4 is 5.73 Å². The van der Waals surface area contributed by atoms with E-state index in [1.165, 1.54) is 0 Å². The maximum absolute atomic E-state index is 5.97. The normalized spacial score (nSPS) is 12.9. The Morgan fingerprint density at radius 1 is 1.56 bits per heavy atom. The van der Waals surface area contributed by atoms with Gasteiger partial charge in [-0.3, -0.25) is 0 Å². The molecule has 0 spiro atoms. The number of thiazole rings is 1. The third-order valence-electron chi connectivity index (χ3n) is 2.32. The van der Waals surface area contributed by atoms with Crippen molar-refractivity contribution < 1.29 is 0 Å². The molecule has 16 heavy (non-hydrogen) atoms. The van der Waals surface area contributed by atoms with Crippen molar-refractivity contribution in [2.24, 2.45) is 5.73 Å². The fourth-order valence-corrected chi connectivity index (χ4v) is 2.35. The minimum absolute atomic E-state index is 0.206. The first kappa shape index (κ1) is 11.2. The van der Waals surface area contributed by atoms with E-state index in [4.69, 9.17) is 5.73 Å². The van der Waals surface area contributed by atoms with E-state index in [0.29, 0.717) is 0 Å². The number of rotatable bonds is 5. The molecule has 2 aromatic heterocycles. The van der Waals surface area contributed by atoms with E-state index in [1.807, 2.05) is 5.38 Å². The van der Waals surface area contributed by atoms with E-state index < -0.39 is 0 Å². The summed E-state index contributed by atoms with van der Waals surface area (Å²) in [5.41, 5.74) is 7.81. The molecule has 0 amide bonds. The summed E-state index contributed by atoms with van der Waals surface area (Å²) in [6, 6.07) is 0.206. The zero-order valence-electron chi connectivity index (χ0n) is 9.18. The predicted octanol–water partition coefficient (Wildman–Crippen LogP) is 1.60. The number of hydrogen-bond donors (Lipinski definition) is 2. The largest absolute Gasteiger partial charge is 0.327 e. The minimum Gasteiger partial charge on any atom is -0.327 e. The third-order valence-corrected chi connectivity index (χ3v) is 3.23. The highest BCUT2D eigenvalue weighted by molar-refractivity contribution is 7.13. The van der Waals surface area contributed by atoms with Gasteiger partial charge in [0.15, 0.2) is 0 Å². The van der Waals surface area contributed by atoms with Crippen molar-refractivity contribution in [1.29, 1.82) is 0 Å². The minimum atomic E-state index is 0.206. The summed E-state index contributed by atoms with van der Waals surface area (Å²) in [5, 5.41) is 13.3. The van der Waals surface area contributed by atoms with Gasteiger partial charge in [0, 0.05) is 17.8 Å². The number of aromatic nitrogens is 4. The van der Waals surface area contributed by atoms with E-state index in [0.717, 1.165) is 35.7 Å². The lowest BCUT2D eigenvalue weighted by molar-refractivity contribution is 0.595. The molecule has 86 valence electrons. The van der Waals surface area contributed by atoms with Crippen molar-refractivity contribution in [2.45, 2.75) is 32.2 Å². The molecule has 0 radical (unpaired) electrons. The summed E-state index contributed by atoms with van der Waals surface area (Å²) in [4.78, 5) is 4.49. The Kier molecular flexibility index (Phi) is 3.63. The summed E-state index contributed by atoms with van der Waals surface area (Å²) >= 11 is 1.58. The summed E-state index contributed by atoms with van der Waals surface area (Å²) in [6.07, 6.45) is 4.66. The first-order chi connectivity index (χ1) is 7.79. The van der Waals surface area contributed by atoms with Crippen LogP contribution in [0.4, 0.5) is 0 Å². The lowest BCUT2D eigenvalue weighted by Gasteiger charge is -2.06. The second-order valence-corrected chi connectivity index (χ2v) is 4.61. The molecule has 0 aliphatic carbocycles. The highest BCUT2D eigenvalue weighted by atomic mass is 32.1. The molecular formula is C10H15N5S. The fraction of sp³-hybridized carbons (Fsp3) is 0.500. The molecule has 0 aliphatic heterocycles. The Bertz CT molecular complexity index is 422. The maximum atomic E-state index is 5.97. The molecule has 0 bridgehead atoms. The number of aromatic amines is 1. The fourth-order valence-electron chi connectivity index (χ4n) is 1.56. The topological polar surface area (TPSA) is 80.5 Å².